The summed E-state index contributed by atoms with van der Waals surface area (Å²) in [4.78, 5) is 13.7. The van der Waals surface area contributed by atoms with Crippen LogP contribution in [-0.2, 0) is 9.53 Å². The van der Waals surface area contributed by atoms with Gasteiger partial charge in [0.2, 0.25) is 0 Å². The largest absolute Gasteiger partial charge is 0.497 e. The third-order valence-corrected chi connectivity index (χ3v) is 3.91. The van der Waals surface area contributed by atoms with Gasteiger partial charge in [-0.15, -0.1) is 0 Å². The number of carbonyl (C=O) groups is 1. The van der Waals surface area contributed by atoms with Gasteiger partial charge in [-0.05, 0) is 49.6 Å². The van der Waals surface area contributed by atoms with Gasteiger partial charge < -0.3 is 9.47 Å². The first-order valence-corrected chi connectivity index (χ1v) is 7.94. The van der Waals surface area contributed by atoms with Gasteiger partial charge in [-0.25, -0.2) is 0 Å². The molecule has 0 saturated carbocycles. The molecule has 0 fully saturated rings. The molecule has 4 heteroatoms. The molecule has 0 radical (unpaired) electrons. The summed E-state index contributed by atoms with van der Waals surface area (Å²) < 4.78 is 10.1. The van der Waals surface area contributed by atoms with Gasteiger partial charge in [-0.3, -0.25) is 9.69 Å². The third kappa shape index (κ3) is 4.88. The fourth-order valence-corrected chi connectivity index (χ4v) is 2.66. The maximum absolute atomic E-state index is 11.3. The number of nitrogens with zero attached hydrogens (tertiary/aromatic N) is 1. The van der Waals surface area contributed by atoms with Crippen molar-refractivity contribution in [2.75, 3.05) is 33.4 Å². The van der Waals surface area contributed by atoms with Crippen LogP contribution >= 0.6 is 0 Å². The minimum Gasteiger partial charge on any atom is -0.497 e. The number of esters is 1. The number of ether oxygens (including phenoxy) is 2. The standard InChI is InChI=1S/C18H25NO3/c1-3-22-18(20)5-4-12-19-13-10-16(11-14-19)15-6-8-17(21-2)9-7-15/h6-10H,3-5,11-14H2,1-2H3. The normalized spacial score (nSPS) is 15.3. The van der Waals surface area contributed by atoms with Crippen LogP contribution in [0.25, 0.3) is 5.57 Å². The second kappa shape index (κ2) is 8.59. The number of hydrogen-bond acceptors (Lipinski definition) is 4. The second-order valence-corrected chi connectivity index (χ2v) is 5.42. The van der Waals surface area contributed by atoms with Crippen molar-refractivity contribution in [3.63, 3.8) is 0 Å². The molecule has 1 aliphatic rings. The average molecular weight is 303 g/mol. The lowest BCUT2D eigenvalue weighted by molar-refractivity contribution is -0.143. The Labute approximate surface area is 132 Å². The van der Waals surface area contributed by atoms with Crippen LogP contribution in [-0.4, -0.2) is 44.2 Å². The molecule has 0 spiro atoms. The summed E-state index contributed by atoms with van der Waals surface area (Å²) in [6.45, 7) is 5.25. The monoisotopic (exact) mass is 303 g/mol. The van der Waals surface area contributed by atoms with E-state index in [1.807, 2.05) is 19.1 Å². The fraction of sp³-hybridized carbons (Fsp3) is 0.500. The highest BCUT2D eigenvalue weighted by molar-refractivity contribution is 5.69. The van der Waals surface area contributed by atoms with Gasteiger partial charge >= 0.3 is 5.97 Å². The van der Waals surface area contributed by atoms with Gasteiger partial charge in [0.15, 0.2) is 0 Å². The van der Waals surface area contributed by atoms with Crippen LogP contribution in [0, 0.1) is 0 Å². The molecule has 120 valence electrons. The predicted molar refractivity (Wildman–Crippen MR) is 87.9 cm³/mol. The van der Waals surface area contributed by atoms with Crippen LogP contribution in [0.5, 0.6) is 5.75 Å². The van der Waals surface area contributed by atoms with Crippen molar-refractivity contribution < 1.29 is 14.3 Å². The highest BCUT2D eigenvalue weighted by Crippen LogP contribution is 2.24. The zero-order valence-corrected chi connectivity index (χ0v) is 13.5. The van der Waals surface area contributed by atoms with E-state index < -0.39 is 0 Å². The van der Waals surface area contributed by atoms with Crippen LogP contribution in [0.2, 0.25) is 0 Å². The Balaban J connectivity index is 1.78. The van der Waals surface area contributed by atoms with E-state index in [0.717, 1.165) is 38.2 Å². The maximum atomic E-state index is 11.3. The molecule has 1 heterocycles. The molecular formula is C18H25NO3. The summed E-state index contributed by atoms with van der Waals surface area (Å²) in [5.41, 5.74) is 2.66. The van der Waals surface area contributed by atoms with Crippen LogP contribution in [0.1, 0.15) is 31.7 Å². The zero-order chi connectivity index (χ0) is 15.8. The molecule has 22 heavy (non-hydrogen) atoms. The van der Waals surface area contributed by atoms with E-state index in [1.54, 1.807) is 7.11 Å². The molecule has 0 atom stereocenters. The topological polar surface area (TPSA) is 38.8 Å². The Morgan fingerprint density at radius 1 is 1.27 bits per heavy atom. The van der Waals surface area contributed by atoms with Crippen LogP contribution < -0.4 is 4.74 Å². The maximum Gasteiger partial charge on any atom is 0.305 e. The van der Waals surface area contributed by atoms with E-state index in [1.165, 1.54) is 11.1 Å². The molecule has 1 aromatic rings. The molecule has 2 rings (SSSR count). The molecule has 0 saturated heterocycles. The number of rotatable bonds is 7. The smallest absolute Gasteiger partial charge is 0.305 e. The fourth-order valence-electron chi connectivity index (χ4n) is 2.66. The highest BCUT2D eigenvalue weighted by Gasteiger charge is 2.13. The summed E-state index contributed by atoms with van der Waals surface area (Å²) in [6.07, 6.45) is 4.71. The third-order valence-electron chi connectivity index (χ3n) is 3.91. The van der Waals surface area contributed by atoms with Gasteiger partial charge in [-0.1, -0.05) is 18.2 Å². The minimum atomic E-state index is -0.0889. The number of benzene rings is 1. The van der Waals surface area contributed by atoms with Gasteiger partial charge in [0.05, 0.1) is 13.7 Å². The average Bonchev–Trinajstić information content (AvgIpc) is 2.56. The molecule has 0 amide bonds. The van der Waals surface area contributed by atoms with Crippen molar-refractivity contribution in [1.29, 1.82) is 0 Å². The van der Waals surface area contributed by atoms with Crippen molar-refractivity contribution in [1.82, 2.24) is 4.90 Å². The summed E-state index contributed by atoms with van der Waals surface area (Å²) in [6, 6.07) is 8.23. The van der Waals surface area contributed by atoms with E-state index in [2.05, 4.69) is 23.1 Å². The Morgan fingerprint density at radius 3 is 2.64 bits per heavy atom. The SMILES string of the molecule is CCOC(=O)CCCN1CC=C(c2ccc(OC)cc2)CC1. The summed E-state index contributed by atoms with van der Waals surface area (Å²) in [7, 11) is 1.68. The minimum absolute atomic E-state index is 0.0889. The lowest BCUT2D eigenvalue weighted by Gasteiger charge is -2.26. The summed E-state index contributed by atoms with van der Waals surface area (Å²) in [5.74, 6) is 0.801. The Hall–Kier alpha value is -1.81. The zero-order valence-electron chi connectivity index (χ0n) is 13.5. The van der Waals surface area contributed by atoms with Gasteiger partial charge in [-0.2, -0.15) is 0 Å². The molecule has 0 bridgehead atoms. The first-order valence-electron chi connectivity index (χ1n) is 7.94. The van der Waals surface area contributed by atoms with Crippen molar-refractivity contribution in [2.24, 2.45) is 0 Å². The van der Waals surface area contributed by atoms with Crippen molar-refractivity contribution in [3.8, 4) is 5.75 Å². The Morgan fingerprint density at radius 2 is 2.05 bits per heavy atom. The van der Waals surface area contributed by atoms with Gasteiger partial charge in [0.25, 0.3) is 0 Å². The van der Waals surface area contributed by atoms with Crippen molar-refractivity contribution in [3.05, 3.63) is 35.9 Å². The van der Waals surface area contributed by atoms with E-state index in [0.29, 0.717) is 13.0 Å². The number of hydrogen-bond donors (Lipinski definition) is 0. The predicted octanol–water partition coefficient (Wildman–Crippen LogP) is 3.13. The first kappa shape index (κ1) is 16.6. The van der Waals surface area contributed by atoms with E-state index in [9.17, 15) is 4.79 Å². The molecule has 4 nitrogen and oxygen atoms in total. The first-order chi connectivity index (χ1) is 10.7. The van der Waals surface area contributed by atoms with Crippen LogP contribution in [0.15, 0.2) is 30.3 Å². The Bertz CT molecular complexity index is 508. The van der Waals surface area contributed by atoms with Crippen LogP contribution in [0.4, 0.5) is 0 Å². The quantitative estimate of drug-likeness (QED) is 0.726. The van der Waals surface area contributed by atoms with E-state index >= 15 is 0 Å². The van der Waals surface area contributed by atoms with Gasteiger partial charge in [0, 0.05) is 19.5 Å². The lowest BCUT2D eigenvalue weighted by Crippen LogP contribution is -2.29. The van der Waals surface area contributed by atoms with Gasteiger partial charge in [0.1, 0.15) is 5.75 Å². The molecule has 0 unspecified atom stereocenters. The summed E-state index contributed by atoms with van der Waals surface area (Å²) >= 11 is 0. The van der Waals surface area contributed by atoms with Crippen molar-refractivity contribution in [2.45, 2.75) is 26.2 Å². The molecule has 0 aliphatic carbocycles. The summed E-state index contributed by atoms with van der Waals surface area (Å²) in [5, 5.41) is 0. The Kier molecular flexibility index (Phi) is 6.46. The number of methoxy groups -OCH3 is 1. The molecule has 0 N–H and O–H groups in total. The molecule has 1 aromatic carbocycles. The van der Waals surface area contributed by atoms with E-state index in [4.69, 9.17) is 9.47 Å². The lowest BCUT2D eigenvalue weighted by atomic mass is 9.99. The molecular weight excluding hydrogens is 278 g/mol. The van der Waals surface area contributed by atoms with E-state index in [-0.39, 0.29) is 5.97 Å². The van der Waals surface area contributed by atoms with Crippen molar-refractivity contribution >= 4 is 11.5 Å². The number of carbonyl (C=O) groups excluding carboxylic acids is 1. The highest BCUT2D eigenvalue weighted by atomic mass is 16.5. The molecule has 0 aromatic heterocycles. The second-order valence-electron chi connectivity index (χ2n) is 5.42. The van der Waals surface area contributed by atoms with Crippen LogP contribution in [0.3, 0.4) is 0 Å². The molecule has 1 aliphatic heterocycles.